The molecule has 0 spiro atoms. The number of halogens is 2. The standard InChI is InChI=1S/C12H16F2N2OS/c1-7(2)15-12(18)16-9-6-8(3)4-5-10(9)17-11(13)14/h4-7,11H,1-3H3,(H2,15,16,18). The van der Waals surface area contributed by atoms with Crippen molar-refractivity contribution in [2.75, 3.05) is 5.32 Å². The molecule has 0 aromatic heterocycles. The van der Waals surface area contributed by atoms with Crippen molar-refractivity contribution in [1.82, 2.24) is 5.32 Å². The molecule has 0 amide bonds. The van der Waals surface area contributed by atoms with Crippen LogP contribution in [0.25, 0.3) is 0 Å². The monoisotopic (exact) mass is 274 g/mol. The van der Waals surface area contributed by atoms with Crippen LogP contribution >= 0.6 is 12.2 Å². The Hall–Kier alpha value is -1.43. The molecule has 0 aliphatic heterocycles. The molecule has 6 heteroatoms. The summed E-state index contributed by atoms with van der Waals surface area (Å²) in [6.07, 6.45) is 0. The highest BCUT2D eigenvalue weighted by molar-refractivity contribution is 7.80. The second kappa shape index (κ2) is 6.49. The van der Waals surface area contributed by atoms with E-state index < -0.39 is 6.61 Å². The maximum Gasteiger partial charge on any atom is 0.387 e. The number of rotatable bonds is 4. The van der Waals surface area contributed by atoms with Crippen LogP contribution in [0.5, 0.6) is 5.75 Å². The van der Waals surface area contributed by atoms with Crippen LogP contribution in [0, 0.1) is 6.92 Å². The van der Waals surface area contributed by atoms with E-state index in [4.69, 9.17) is 12.2 Å². The first-order chi connectivity index (χ1) is 8.38. The Bertz CT molecular complexity index is 425. The highest BCUT2D eigenvalue weighted by Crippen LogP contribution is 2.27. The molecule has 0 heterocycles. The average Bonchev–Trinajstić information content (AvgIpc) is 2.20. The Balaban J connectivity index is 2.84. The zero-order valence-electron chi connectivity index (χ0n) is 10.5. The molecular weight excluding hydrogens is 258 g/mol. The summed E-state index contributed by atoms with van der Waals surface area (Å²) in [4.78, 5) is 0. The van der Waals surface area contributed by atoms with E-state index in [9.17, 15) is 8.78 Å². The summed E-state index contributed by atoms with van der Waals surface area (Å²) in [6.45, 7) is 2.86. The number of nitrogens with one attached hydrogen (secondary N) is 2. The highest BCUT2D eigenvalue weighted by Gasteiger charge is 2.11. The first-order valence-corrected chi connectivity index (χ1v) is 5.92. The van der Waals surface area contributed by atoms with Crippen LogP contribution in [0.3, 0.4) is 0 Å². The Morgan fingerprint density at radius 2 is 2.00 bits per heavy atom. The van der Waals surface area contributed by atoms with Crippen LogP contribution in [-0.4, -0.2) is 17.8 Å². The second-order valence-corrected chi connectivity index (χ2v) is 4.54. The fourth-order valence-corrected chi connectivity index (χ4v) is 1.71. The number of thiocarbonyl (C=S) groups is 1. The van der Waals surface area contributed by atoms with E-state index in [1.807, 2.05) is 20.8 Å². The van der Waals surface area contributed by atoms with Gasteiger partial charge in [0.05, 0.1) is 5.69 Å². The van der Waals surface area contributed by atoms with E-state index in [1.54, 1.807) is 12.1 Å². The number of hydrogen-bond acceptors (Lipinski definition) is 2. The van der Waals surface area contributed by atoms with Gasteiger partial charge < -0.3 is 15.4 Å². The smallest absolute Gasteiger partial charge is 0.387 e. The lowest BCUT2D eigenvalue weighted by Crippen LogP contribution is -2.34. The van der Waals surface area contributed by atoms with Gasteiger partial charge in [-0.25, -0.2) is 0 Å². The van der Waals surface area contributed by atoms with Crippen molar-refractivity contribution < 1.29 is 13.5 Å². The minimum absolute atomic E-state index is 0.0727. The summed E-state index contributed by atoms with van der Waals surface area (Å²) >= 11 is 5.06. The summed E-state index contributed by atoms with van der Waals surface area (Å²) in [5.74, 6) is 0.0727. The quantitative estimate of drug-likeness (QED) is 0.825. The molecule has 0 radical (unpaired) electrons. The first-order valence-electron chi connectivity index (χ1n) is 5.51. The SMILES string of the molecule is Cc1ccc(OC(F)F)c(NC(=S)NC(C)C)c1. The van der Waals surface area contributed by atoms with Crippen molar-refractivity contribution >= 4 is 23.0 Å². The predicted octanol–water partition coefficient (Wildman–Crippen LogP) is 3.29. The van der Waals surface area contributed by atoms with Gasteiger partial charge in [-0.05, 0) is 50.7 Å². The summed E-state index contributed by atoms with van der Waals surface area (Å²) < 4.78 is 28.9. The van der Waals surface area contributed by atoms with Gasteiger partial charge in [0.15, 0.2) is 5.11 Å². The van der Waals surface area contributed by atoms with E-state index >= 15 is 0 Å². The van der Waals surface area contributed by atoms with E-state index in [1.165, 1.54) is 6.07 Å². The molecule has 100 valence electrons. The molecule has 0 saturated heterocycles. The van der Waals surface area contributed by atoms with Crippen LogP contribution in [0.4, 0.5) is 14.5 Å². The number of alkyl halides is 2. The molecule has 0 saturated carbocycles. The van der Waals surface area contributed by atoms with Gasteiger partial charge in [0.25, 0.3) is 0 Å². The average molecular weight is 274 g/mol. The van der Waals surface area contributed by atoms with Gasteiger partial charge in [-0.2, -0.15) is 8.78 Å². The Kier molecular flexibility index (Phi) is 5.27. The third kappa shape index (κ3) is 4.83. The number of hydrogen-bond donors (Lipinski definition) is 2. The van der Waals surface area contributed by atoms with Crippen molar-refractivity contribution in [2.24, 2.45) is 0 Å². The van der Waals surface area contributed by atoms with E-state index in [0.29, 0.717) is 10.8 Å². The van der Waals surface area contributed by atoms with Crippen molar-refractivity contribution in [3.63, 3.8) is 0 Å². The largest absolute Gasteiger partial charge is 0.433 e. The Morgan fingerprint density at radius 3 is 2.56 bits per heavy atom. The molecule has 0 bridgehead atoms. The number of ether oxygens (including phenoxy) is 1. The van der Waals surface area contributed by atoms with Crippen molar-refractivity contribution in [1.29, 1.82) is 0 Å². The predicted molar refractivity (Wildman–Crippen MR) is 72.3 cm³/mol. The lowest BCUT2D eigenvalue weighted by atomic mass is 10.2. The molecule has 0 unspecified atom stereocenters. The first kappa shape index (κ1) is 14.6. The Labute approximate surface area is 111 Å². The van der Waals surface area contributed by atoms with Crippen LogP contribution in [0.15, 0.2) is 18.2 Å². The van der Waals surface area contributed by atoms with Gasteiger partial charge in [0.2, 0.25) is 0 Å². The number of anilines is 1. The molecule has 0 atom stereocenters. The molecular formula is C12H16F2N2OS. The summed E-state index contributed by atoms with van der Waals surface area (Å²) in [5.41, 5.74) is 1.35. The van der Waals surface area contributed by atoms with Crippen LogP contribution in [-0.2, 0) is 0 Å². The zero-order valence-corrected chi connectivity index (χ0v) is 11.3. The molecule has 1 aromatic carbocycles. The van der Waals surface area contributed by atoms with Gasteiger partial charge in [-0.15, -0.1) is 0 Å². The normalized spacial score (nSPS) is 10.6. The summed E-state index contributed by atoms with van der Waals surface area (Å²) in [5, 5.41) is 6.19. The topological polar surface area (TPSA) is 33.3 Å². The van der Waals surface area contributed by atoms with Gasteiger partial charge in [0, 0.05) is 6.04 Å². The van der Waals surface area contributed by atoms with Crippen molar-refractivity contribution in [3.8, 4) is 5.75 Å². The lowest BCUT2D eigenvalue weighted by Gasteiger charge is -2.16. The van der Waals surface area contributed by atoms with E-state index in [2.05, 4.69) is 15.4 Å². The molecule has 1 aromatic rings. The van der Waals surface area contributed by atoms with Crippen LogP contribution in [0.1, 0.15) is 19.4 Å². The second-order valence-electron chi connectivity index (χ2n) is 4.13. The molecule has 2 N–H and O–H groups in total. The van der Waals surface area contributed by atoms with Crippen LogP contribution in [0.2, 0.25) is 0 Å². The maximum atomic E-state index is 12.3. The molecule has 0 aliphatic carbocycles. The molecule has 3 nitrogen and oxygen atoms in total. The van der Waals surface area contributed by atoms with E-state index in [-0.39, 0.29) is 11.8 Å². The zero-order chi connectivity index (χ0) is 13.7. The van der Waals surface area contributed by atoms with Crippen molar-refractivity contribution in [2.45, 2.75) is 33.4 Å². The molecule has 0 fully saturated rings. The Morgan fingerprint density at radius 1 is 1.33 bits per heavy atom. The van der Waals surface area contributed by atoms with Gasteiger partial charge >= 0.3 is 6.61 Å². The van der Waals surface area contributed by atoms with Crippen molar-refractivity contribution in [3.05, 3.63) is 23.8 Å². The minimum Gasteiger partial charge on any atom is -0.433 e. The fraction of sp³-hybridized carbons (Fsp3) is 0.417. The summed E-state index contributed by atoms with van der Waals surface area (Å²) in [6, 6.07) is 5.05. The van der Waals surface area contributed by atoms with Gasteiger partial charge in [-0.1, -0.05) is 6.07 Å². The van der Waals surface area contributed by atoms with Gasteiger partial charge in [0.1, 0.15) is 5.75 Å². The minimum atomic E-state index is -2.86. The number of aryl methyl sites for hydroxylation is 1. The molecule has 1 rings (SSSR count). The van der Waals surface area contributed by atoms with E-state index in [0.717, 1.165) is 5.56 Å². The fourth-order valence-electron chi connectivity index (χ4n) is 1.36. The highest BCUT2D eigenvalue weighted by atomic mass is 32.1. The van der Waals surface area contributed by atoms with Gasteiger partial charge in [-0.3, -0.25) is 0 Å². The number of benzene rings is 1. The third-order valence-electron chi connectivity index (χ3n) is 2.02. The summed E-state index contributed by atoms with van der Waals surface area (Å²) in [7, 11) is 0. The third-order valence-corrected chi connectivity index (χ3v) is 2.24. The maximum absolute atomic E-state index is 12.3. The molecule has 18 heavy (non-hydrogen) atoms. The van der Waals surface area contributed by atoms with Crippen LogP contribution < -0.4 is 15.4 Å². The molecule has 0 aliphatic rings. The lowest BCUT2D eigenvalue weighted by molar-refractivity contribution is -0.0493.